The lowest BCUT2D eigenvalue weighted by Crippen LogP contribution is -2.15. The van der Waals surface area contributed by atoms with E-state index in [-0.39, 0.29) is 12.2 Å². The van der Waals surface area contributed by atoms with E-state index in [1.54, 1.807) is 26.0 Å². The molecule has 0 bridgehead atoms. The number of benzene rings is 1. The highest BCUT2D eigenvalue weighted by Crippen LogP contribution is 2.42. The van der Waals surface area contributed by atoms with E-state index in [2.05, 4.69) is 0 Å². The molecule has 2 aromatic heterocycles. The molecule has 21 heavy (non-hydrogen) atoms. The molecule has 3 aromatic rings. The highest BCUT2D eigenvalue weighted by atomic mass is 16.4. The third kappa shape index (κ3) is 2.04. The Bertz CT molecular complexity index is 800. The van der Waals surface area contributed by atoms with Crippen LogP contribution in [0, 0.1) is 13.8 Å². The van der Waals surface area contributed by atoms with Gasteiger partial charge in [0.05, 0.1) is 11.8 Å². The molecule has 6 heteroatoms. The molecule has 0 saturated heterocycles. The molecule has 0 aliphatic heterocycles. The maximum absolute atomic E-state index is 10.9. The Kier molecular flexibility index (Phi) is 2.91. The van der Waals surface area contributed by atoms with E-state index in [4.69, 9.17) is 19.7 Å². The average molecular weight is 289 g/mol. The van der Waals surface area contributed by atoms with Gasteiger partial charge in [-0.05, 0) is 26.0 Å². The molecule has 110 valence electrons. The Morgan fingerprint density at radius 1 is 1.19 bits per heavy atom. The summed E-state index contributed by atoms with van der Waals surface area (Å²) in [6.07, 6.45) is -0.237. The van der Waals surface area contributed by atoms with Gasteiger partial charge in [-0.1, -0.05) is 0 Å². The molecule has 0 amide bonds. The second-order valence-electron chi connectivity index (χ2n) is 5.17. The summed E-state index contributed by atoms with van der Waals surface area (Å²) >= 11 is 0. The monoisotopic (exact) mass is 289 g/mol. The van der Waals surface area contributed by atoms with Crippen molar-refractivity contribution >= 4 is 27.9 Å². The van der Waals surface area contributed by atoms with Crippen LogP contribution in [0.25, 0.3) is 21.9 Å². The fourth-order valence-electron chi connectivity index (χ4n) is 2.68. The minimum Gasteiger partial charge on any atom is -0.504 e. The van der Waals surface area contributed by atoms with Crippen LogP contribution in [-0.2, 0) is 4.79 Å². The first kappa shape index (κ1) is 13.5. The van der Waals surface area contributed by atoms with Crippen molar-refractivity contribution in [2.75, 3.05) is 0 Å². The van der Waals surface area contributed by atoms with Crippen LogP contribution in [0.15, 0.2) is 21.0 Å². The molecule has 3 rings (SSSR count). The third-order valence-corrected chi connectivity index (χ3v) is 3.48. The number of carbonyl (C=O) groups is 1. The zero-order chi connectivity index (χ0) is 15.3. The van der Waals surface area contributed by atoms with Crippen molar-refractivity contribution in [3.63, 3.8) is 0 Å². The quantitative estimate of drug-likeness (QED) is 0.683. The van der Waals surface area contributed by atoms with Gasteiger partial charge in [0, 0.05) is 17.0 Å². The lowest BCUT2D eigenvalue weighted by Gasteiger charge is -2.12. The lowest BCUT2D eigenvalue weighted by molar-refractivity contribution is -0.137. The van der Waals surface area contributed by atoms with Crippen molar-refractivity contribution in [1.29, 1.82) is 0 Å². The van der Waals surface area contributed by atoms with E-state index in [9.17, 15) is 9.90 Å². The van der Waals surface area contributed by atoms with Crippen molar-refractivity contribution < 1.29 is 23.8 Å². The predicted molar refractivity (Wildman–Crippen MR) is 76.3 cm³/mol. The summed E-state index contributed by atoms with van der Waals surface area (Å²) in [5.41, 5.74) is 7.29. The van der Waals surface area contributed by atoms with Crippen LogP contribution in [0.2, 0.25) is 0 Å². The molecule has 2 heterocycles. The molecule has 6 nitrogen and oxygen atoms in total. The first-order valence-electron chi connectivity index (χ1n) is 6.51. The summed E-state index contributed by atoms with van der Waals surface area (Å²) in [6, 6.07) is 2.65. The highest BCUT2D eigenvalue weighted by molar-refractivity contribution is 6.05. The van der Waals surface area contributed by atoms with Gasteiger partial charge >= 0.3 is 5.97 Å². The summed E-state index contributed by atoms with van der Waals surface area (Å²) in [4.78, 5) is 10.9. The number of hydrogen-bond acceptors (Lipinski definition) is 5. The molecule has 0 aliphatic rings. The number of carboxylic acid groups (broad SMARTS) is 1. The van der Waals surface area contributed by atoms with Gasteiger partial charge < -0.3 is 24.8 Å². The maximum Gasteiger partial charge on any atom is 0.305 e. The zero-order valence-electron chi connectivity index (χ0n) is 11.6. The first-order valence-corrected chi connectivity index (χ1v) is 6.51. The van der Waals surface area contributed by atoms with Gasteiger partial charge in [-0.2, -0.15) is 0 Å². The molecule has 1 unspecified atom stereocenters. The van der Waals surface area contributed by atoms with Crippen LogP contribution in [0.5, 0.6) is 5.75 Å². The van der Waals surface area contributed by atoms with Crippen molar-refractivity contribution in [3.8, 4) is 5.75 Å². The number of rotatable bonds is 3. The van der Waals surface area contributed by atoms with Gasteiger partial charge in [-0.25, -0.2) is 0 Å². The van der Waals surface area contributed by atoms with Gasteiger partial charge in [0.25, 0.3) is 0 Å². The molecule has 0 spiro atoms. The number of phenolic OH excluding ortho intramolecular Hbond substituents is 1. The van der Waals surface area contributed by atoms with Crippen molar-refractivity contribution in [2.24, 2.45) is 5.73 Å². The molecule has 0 radical (unpaired) electrons. The van der Waals surface area contributed by atoms with E-state index in [1.165, 1.54) is 0 Å². The zero-order valence-corrected chi connectivity index (χ0v) is 11.6. The Morgan fingerprint density at radius 3 is 2.38 bits per heavy atom. The van der Waals surface area contributed by atoms with E-state index < -0.39 is 12.0 Å². The number of phenols is 1. The van der Waals surface area contributed by atoms with Gasteiger partial charge in [0.15, 0.2) is 11.3 Å². The van der Waals surface area contributed by atoms with Gasteiger partial charge in [-0.15, -0.1) is 0 Å². The second-order valence-corrected chi connectivity index (χ2v) is 5.17. The van der Waals surface area contributed by atoms with Crippen LogP contribution in [0.3, 0.4) is 0 Å². The molecule has 4 N–H and O–H groups in total. The highest BCUT2D eigenvalue weighted by Gasteiger charge is 2.25. The van der Waals surface area contributed by atoms with Crippen molar-refractivity contribution in [2.45, 2.75) is 26.3 Å². The fourth-order valence-corrected chi connectivity index (χ4v) is 2.68. The molecule has 0 saturated carbocycles. The number of aromatic hydroxyl groups is 1. The van der Waals surface area contributed by atoms with E-state index >= 15 is 0 Å². The Hall–Kier alpha value is -2.47. The smallest absolute Gasteiger partial charge is 0.305 e. The first-order chi connectivity index (χ1) is 9.88. The van der Waals surface area contributed by atoms with Gasteiger partial charge in [0.1, 0.15) is 17.1 Å². The minimum absolute atomic E-state index is 0.0174. The number of nitrogens with two attached hydrogens (primary N) is 1. The number of aliphatic carboxylic acids is 1. The summed E-state index contributed by atoms with van der Waals surface area (Å²) in [5, 5.41) is 20.3. The van der Waals surface area contributed by atoms with E-state index in [1.807, 2.05) is 0 Å². The van der Waals surface area contributed by atoms with Gasteiger partial charge in [0.2, 0.25) is 0 Å². The Balaban J connectivity index is 2.41. The molecule has 1 atom stereocenters. The third-order valence-electron chi connectivity index (χ3n) is 3.48. The fraction of sp³-hybridized carbons (Fsp3) is 0.267. The van der Waals surface area contributed by atoms with E-state index in [0.29, 0.717) is 39.0 Å². The van der Waals surface area contributed by atoms with Crippen molar-refractivity contribution in [1.82, 2.24) is 0 Å². The standard InChI is InChI=1S/C15H15NO5/c1-6-3-8-12(10(16)5-11(17)18)14-9(4-7(2)20-14)13(19)15(8)21-6/h3-4,10,19H,5,16H2,1-2H3,(H,17,18). The Labute approximate surface area is 119 Å². The van der Waals surface area contributed by atoms with Crippen LogP contribution in [-0.4, -0.2) is 16.2 Å². The summed E-state index contributed by atoms with van der Waals surface area (Å²) in [5.74, 6) is 0.193. The molecule has 0 aliphatic carbocycles. The van der Waals surface area contributed by atoms with E-state index in [0.717, 1.165) is 0 Å². The number of furan rings is 2. The predicted octanol–water partition coefficient (Wildman–Crippen LogP) is 2.98. The molecular formula is C15H15NO5. The summed E-state index contributed by atoms with van der Waals surface area (Å²) in [7, 11) is 0. The topological polar surface area (TPSA) is 110 Å². The lowest BCUT2D eigenvalue weighted by atomic mass is 9.97. The second kappa shape index (κ2) is 4.53. The van der Waals surface area contributed by atoms with Gasteiger partial charge in [-0.3, -0.25) is 4.79 Å². The average Bonchev–Trinajstić information content (AvgIpc) is 2.92. The molecule has 1 aromatic carbocycles. The largest absolute Gasteiger partial charge is 0.504 e. The molecular weight excluding hydrogens is 274 g/mol. The van der Waals surface area contributed by atoms with Crippen LogP contribution in [0.1, 0.15) is 29.5 Å². The maximum atomic E-state index is 10.9. The van der Waals surface area contributed by atoms with Crippen LogP contribution < -0.4 is 5.73 Å². The number of fused-ring (bicyclic) bond motifs is 2. The number of carboxylic acids is 1. The van der Waals surface area contributed by atoms with Crippen LogP contribution >= 0.6 is 0 Å². The number of aryl methyl sites for hydroxylation is 2. The normalized spacial score (nSPS) is 13.1. The SMILES string of the molecule is Cc1cc2c(C(N)CC(=O)O)c3oc(C)cc3c(O)c2o1. The summed E-state index contributed by atoms with van der Waals surface area (Å²) in [6.45, 7) is 3.50. The van der Waals surface area contributed by atoms with Crippen LogP contribution in [0.4, 0.5) is 0 Å². The molecule has 0 fully saturated rings. The summed E-state index contributed by atoms with van der Waals surface area (Å²) < 4.78 is 11.1. The minimum atomic E-state index is -1.000. The number of hydrogen-bond donors (Lipinski definition) is 3. The Morgan fingerprint density at radius 2 is 1.76 bits per heavy atom. The van der Waals surface area contributed by atoms with Crippen molar-refractivity contribution in [3.05, 3.63) is 29.2 Å².